The lowest BCUT2D eigenvalue weighted by molar-refractivity contribution is -0.112. The fraction of sp³-hybridized carbons (Fsp3) is 0.0556. The maximum Gasteiger partial charge on any atom is 0.267 e. The average Bonchev–Trinajstić information content (AvgIpc) is 2.59. The van der Waals surface area contributed by atoms with Crippen LogP contribution >= 0.6 is 11.6 Å². The van der Waals surface area contributed by atoms with E-state index in [2.05, 4.69) is 10.6 Å². The molecule has 0 bridgehead atoms. The summed E-state index contributed by atoms with van der Waals surface area (Å²) in [6.45, 7) is 1.79. The van der Waals surface area contributed by atoms with E-state index in [4.69, 9.17) is 22.6 Å². The van der Waals surface area contributed by atoms with Gasteiger partial charge in [-0.1, -0.05) is 29.8 Å². The number of nitrogens with one attached hydrogen (secondary N) is 2. The summed E-state index contributed by atoms with van der Waals surface area (Å²) in [5.41, 5.74) is 7.27. The Morgan fingerprint density at radius 2 is 1.96 bits per heavy atom. The van der Waals surface area contributed by atoms with E-state index < -0.39 is 11.8 Å². The third-order valence-corrected chi connectivity index (χ3v) is 3.60. The second kappa shape index (κ2) is 7.99. The SMILES string of the molecule is Cc1ccc(Cl)cc1NC(=O)/C(C#N)=C\NC(=O)c1ccccc1N. The van der Waals surface area contributed by atoms with Crippen LogP contribution < -0.4 is 16.4 Å². The largest absolute Gasteiger partial charge is 0.398 e. The number of rotatable bonds is 4. The first-order chi connectivity index (χ1) is 11.9. The molecule has 4 N–H and O–H groups in total. The highest BCUT2D eigenvalue weighted by Crippen LogP contribution is 2.20. The lowest BCUT2D eigenvalue weighted by atomic mass is 10.1. The highest BCUT2D eigenvalue weighted by molar-refractivity contribution is 6.31. The maximum absolute atomic E-state index is 12.2. The Labute approximate surface area is 149 Å². The van der Waals surface area contributed by atoms with Crippen molar-refractivity contribution in [2.24, 2.45) is 0 Å². The number of amides is 2. The molecule has 0 atom stereocenters. The summed E-state index contributed by atoms with van der Waals surface area (Å²) in [5, 5.41) is 14.6. The highest BCUT2D eigenvalue weighted by Gasteiger charge is 2.13. The molecule has 0 fully saturated rings. The molecule has 0 saturated heterocycles. The van der Waals surface area contributed by atoms with Crippen molar-refractivity contribution in [1.29, 1.82) is 5.26 Å². The lowest BCUT2D eigenvalue weighted by Crippen LogP contribution is -2.22. The number of carbonyl (C=O) groups is 2. The number of anilines is 2. The molecule has 0 heterocycles. The fourth-order valence-corrected chi connectivity index (χ4v) is 2.16. The molecule has 2 amide bonds. The van der Waals surface area contributed by atoms with Gasteiger partial charge in [-0.3, -0.25) is 9.59 Å². The molecule has 25 heavy (non-hydrogen) atoms. The minimum atomic E-state index is -0.658. The summed E-state index contributed by atoms with van der Waals surface area (Å²) in [6, 6.07) is 13.2. The number of carbonyl (C=O) groups excluding carboxylic acids is 2. The zero-order valence-corrected chi connectivity index (χ0v) is 14.1. The van der Waals surface area contributed by atoms with E-state index in [0.717, 1.165) is 11.8 Å². The van der Waals surface area contributed by atoms with Gasteiger partial charge in [0.1, 0.15) is 11.6 Å². The van der Waals surface area contributed by atoms with Crippen molar-refractivity contribution in [3.63, 3.8) is 0 Å². The molecule has 2 rings (SSSR count). The van der Waals surface area contributed by atoms with Crippen LogP contribution in [-0.2, 0) is 4.79 Å². The first-order valence-electron chi connectivity index (χ1n) is 7.25. The Hall–Kier alpha value is -3.30. The number of nitrogens with two attached hydrogens (primary N) is 1. The van der Waals surface area contributed by atoms with Gasteiger partial charge in [0.15, 0.2) is 0 Å². The van der Waals surface area contributed by atoms with Gasteiger partial charge in [0, 0.05) is 22.6 Å². The van der Waals surface area contributed by atoms with Crippen molar-refractivity contribution < 1.29 is 9.59 Å². The van der Waals surface area contributed by atoms with Crippen molar-refractivity contribution in [3.05, 3.63) is 70.4 Å². The summed E-state index contributed by atoms with van der Waals surface area (Å²) in [6.07, 6.45) is 1.05. The second-order valence-electron chi connectivity index (χ2n) is 5.14. The van der Waals surface area contributed by atoms with Gasteiger partial charge in [-0.25, -0.2) is 0 Å². The van der Waals surface area contributed by atoms with Crippen molar-refractivity contribution in [3.8, 4) is 6.07 Å². The average molecular weight is 355 g/mol. The minimum Gasteiger partial charge on any atom is -0.398 e. The van der Waals surface area contributed by atoms with Gasteiger partial charge in [-0.05, 0) is 36.8 Å². The van der Waals surface area contributed by atoms with Crippen molar-refractivity contribution in [2.45, 2.75) is 6.92 Å². The molecule has 126 valence electrons. The third kappa shape index (κ3) is 4.59. The Bertz CT molecular complexity index is 900. The third-order valence-electron chi connectivity index (χ3n) is 3.37. The summed E-state index contributed by atoms with van der Waals surface area (Å²) in [4.78, 5) is 24.3. The van der Waals surface area contributed by atoms with Gasteiger partial charge < -0.3 is 16.4 Å². The predicted molar refractivity (Wildman–Crippen MR) is 96.8 cm³/mol. The minimum absolute atomic E-state index is 0.252. The van der Waals surface area contributed by atoms with Gasteiger partial charge >= 0.3 is 0 Å². The number of hydrogen-bond donors (Lipinski definition) is 3. The Balaban J connectivity index is 2.13. The van der Waals surface area contributed by atoms with Crippen LogP contribution in [-0.4, -0.2) is 11.8 Å². The van der Waals surface area contributed by atoms with Gasteiger partial charge in [-0.15, -0.1) is 0 Å². The number of nitrogen functional groups attached to an aromatic ring is 1. The molecule has 0 aromatic heterocycles. The number of halogens is 1. The first kappa shape index (κ1) is 18.0. The summed E-state index contributed by atoms with van der Waals surface area (Å²) < 4.78 is 0. The van der Waals surface area contributed by atoms with Gasteiger partial charge in [-0.2, -0.15) is 5.26 Å². The van der Waals surface area contributed by atoms with E-state index >= 15 is 0 Å². The zero-order chi connectivity index (χ0) is 18.4. The molecule has 0 saturated carbocycles. The topological polar surface area (TPSA) is 108 Å². The van der Waals surface area contributed by atoms with E-state index in [1.54, 1.807) is 55.5 Å². The van der Waals surface area contributed by atoms with Crippen LogP contribution in [0.3, 0.4) is 0 Å². The summed E-state index contributed by atoms with van der Waals surface area (Å²) >= 11 is 5.90. The molecular weight excluding hydrogens is 340 g/mol. The quantitative estimate of drug-likeness (QED) is 0.445. The number of hydrogen-bond acceptors (Lipinski definition) is 4. The number of aryl methyl sites for hydroxylation is 1. The standard InChI is InChI=1S/C18H15ClN4O2/c1-11-6-7-13(19)8-16(11)23-17(24)12(9-20)10-22-18(25)14-4-2-3-5-15(14)21/h2-8,10H,21H2,1H3,(H,22,25)(H,23,24)/b12-10-. The predicted octanol–water partition coefficient (Wildman–Crippen LogP) is 3.01. The smallest absolute Gasteiger partial charge is 0.267 e. The molecule has 2 aromatic rings. The summed E-state index contributed by atoms with van der Waals surface area (Å²) in [7, 11) is 0. The number of para-hydroxylation sites is 1. The second-order valence-corrected chi connectivity index (χ2v) is 5.58. The van der Waals surface area contributed by atoms with Gasteiger partial charge in [0.05, 0.1) is 5.56 Å². The van der Waals surface area contributed by atoms with Crippen LogP contribution in [0.15, 0.2) is 54.2 Å². The molecular formula is C18H15ClN4O2. The Kier molecular flexibility index (Phi) is 5.77. The maximum atomic E-state index is 12.2. The molecule has 0 aliphatic carbocycles. The number of nitrogens with zero attached hydrogens (tertiary/aromatic N) is 1. The molecule has 0 aliphatic heterocycles. The fourth-order valence-electron chi connectivity index (χ4n) is 1.99. The highest BCUT2D eigenvalue weighted by atomic mass is 35.5. The van der Waals surface area contributed by atoms with E-state index in [1.165, 1.54) is 0 Å². The van der Waals surface area contributed by atoms with Gasteiger partial charge in [0.2, 0.25) is 0 Å². The van der Waals surface area contributed by atoms with Crippen LogP contribution in [0, 0.1) is 18.3 Å². The Morgan fingerprint density at radius 3 is 2.64 bits per heavy atom. The van der Waals surface area contributed by atoms with Crippen molar-refractivity contribution in [2.75, 3.05) is 11.1 Å². The van der Waals surface area contributed by atoms with Crippen molar-refractivity contribution in [1.82, 2.24) is 5.32 Å². The van der Waals surface area contributed by atoms with E-state index in [1.807, 2.05) is 0 Å². The molecule has 6 nitrogen and oxygen atoms in total. The van der Waals surface area contributed by atoms with Crippen LogP contribution in [0.2, 0.25) is 5.02 Å². The normalized spacial score (nSPS) is 10.7. The zero-order valence-electron chi connectivity index (χ0n) is 13.3. The Morgan fingerprint density at radius 1 is 1.24 bits per heavy atom. The van der Waals surface area contributed by atoms with Crippen LogP contribution in [0.25, 0.3) is 0 Å². The molecule has 0 radical (unpaired) electrons. The van der Waals surface area contributed by atoms with Crippen molar-refractivity contribution >= 4 is 34.8 Å². The molecule has 2 aromatic carbocycles. The van der Waals surface area contributed by atoms with Crippen LogP contribution in [0.4, 0.5) is 11.4 Å². The van der Waals surface area contributed by atoms with E-state index in [9.17, 15) is 9.59 Å². The number of nitriles is 1. The molecule has 7 heteroatoms. The summed E-state index contributed by atoms with van der Waals surface area (Å²) in [5.74, 6) is -1.17. The van der Waals surface area contributed by atoms with Crippen LogP contribution in [0.1, 0.15) is 15.9 Å². The molecule has 0 spiro atoms. The monoisotopic (exact) mass is 354 g/mol. The number of benzene rings is 2. The first-order valence-corrected chi connectivity index (χ1v) is 7.63. The molecule has 0 aliphatic rings. The van der Waals surface area contributed by atoms with E-state index in [-0.39, 0.29) is 11.1 Å². The van der Waals surface area contributed by atoms with Gasteiger partial charge in [0.25, 0.3) is 11.8 Å². The van der Waals surface area contributed by atoms with Crippen LogP contribution in [0.5, 0.6) is 0 Å². The molecule has 0 unspecified atom stereocenters. The lowest BCUT2D eigenvalue weighted by Gasteiger charge is -2.08. The van der Waals surface area contributed by atoms with E-state index in [0.29, 0.717) is 16.4 Å².